The molecule has 1 saturated heterocycles. The fourth-order valence-electron chi connectivity index (χ4n) is 2.28. The first-order chi connectivity index (χ1) is 10.6. The third kappa shape index (κ3) is 3.13. The molecule has 0 aromatic carbocycles. The molecule has 0 N–H and O–H groups in total. The van der Waals surface area contributed by atoms with Gasteiger partial charge < -0.3 is 9.80 Å². The predicted octanol–water partition coefficient (Wildman–Crippen LogP) is 2.14. The van der Waals surface area contributed by atoms with Crippen molar-refractivity contribution in [1.29, 1.82) is 0 Å². The Labute approximate surface area is 137 Å². The van der Waals surface area contributed by atoms with E-state index in [9.17, 15) is 4.79 Å². The van der Waals surface area contributed by atoms with Gasteiger partial charge in [0.15, 0.2) is 0 Å². The largest absolute Gasteiger partial charge is 0.337 e. The van der Waals surface area contributed by atoms with E-state index < -0.39 is 0 Å². The average Bonchev–Trinajstić information content (AvgIpc) is 2.58. The topological polar surface area (TPSA) is 62.2 Å². The second-order valence-electron chi connectivity index (χ2n) is 4.82. The summed E-state index contributed by atoms with van der Waals surface area (Å²) in [6, 6.07) is 3.33. The van der Waals surface area contributed by atoms with Gasteiger partial charge in [0.25, 0.3) is 5.91 Å². The maximum atomic E-state index is 12.4. The lowest BCUT2D eigenvalue weighted by molar-refractivity contribution is 0.0746. The molecule has 0 spiro atoms. The minimum atomic E-state index is -0.0975. The van der Waals surface area contributed by atoms with E-state index >= 15 is 0 Å². The van der Waals surface area contributed by atoms with E-state index in [0.29, 0.717) is 37.7 Å². The summed E-state index contributed by atoms with van der Waals surface area (Å²) in [7, 11) is 0. The Morgan fingerprint density at radius 3 is 2.36 bits per heavy atom. The molecule has 2 aromatic rings. The van der Waals surface area contributed by atoms with Crippen LogP contribution in [0.2, 0.25) is 10.2 Å². The number of amides is 1. The quantitative estimate of drug-likeness (QED) is 0.785. The summed E-state index contributed by atoms with van der Waals surface area (Å²) >= 11 is 11.7. The van der Waals surface area contributed by atoms with E-state index in [1.165, 1.54) is 6.20 Å². The van der Waals surface area contributed by atoms with Crippen LogP contribution >= 0.6 is 23.2 Å². The van der Waals surface area contributed by atoms with Crippen molar-refractivity contribution in [2.24, 2.45) is 0 Å². The Morgan fingerprint density at radius 1 is 1.05 bits per heavy atom. The second kappa shape index (κ2) is 6.46. The first-order valence-corrected chi connectivity index (χ1v) is 7.53. The Balaban J connectivity index is 1.66. The van der Waals surface area contributed by atoms with Crippen molar-refractivity contribution in [2.45, 2.75) is 0 Å². The number of piperazine rings is 1. The van der Waals surface area contributed by atoms with Gasteiger partial charge in [-0.15, -0.1) is 0 Å². The van der Waals surface area contributed by atoms with Crippen molar-refractivity contribution in [3.63, 3.8) is 0 Å². The van der Waals surface area contributed by atoms with Gasteiger partial charge in [-0.25, -0.2) is 15.0 Å². The number of carbonyl (C=O) groups excluding carboxylic acids is 1. The van der Waals surface area contributed by atoms with Crippen molar-refractivity contribution in [1.82, 2.24) is 19.9 Å². The normalized spacial score (nSPS) is 15.0. The summed E-state index contributed by atoms with van der Waals surface area (Å²) in [6.07, 6.45) is 4.87. The first-order valence-electron chi connectivity index (χ1n) is 6.77. The highest BCUT2D eigenvalue weighted by molar-refractivity contribution is 6.41. The monoisotopic (exact) mass is 337 g/mol. The van der Waals surface area contributed by atoms with Gasteiger partial charge in [-0.2, -0.15) is 0 Å². The van der Waals surface area contributed by atoms with Crippen LogP contribution in [0.4, 0.5) is 5.95 Å². The summed E-state index contributed by atoms with van der Waals surface area (Å²) in [6.45, 7) is 2.56. The summed E-state index contributed by atoms with van der Waals surface area (Å²) in [5, 5.41) is 0.480. The zero-order valence-corrected chi connectivity index (χ0v) is 13.1. The maximum absolute atomic E-state index is 12.4. The number of anilines is 1. The molecule has 1 amide bonds. The summed E-state index contributed by atoms with van der Waals surface area (Å²) < 4.78 is 0. The molecule has 0 radical (unpaired) electrons. The number of carbonyl (C=O) groups is 1. The fraction of sp³-hybridized carbons (Fsp3) is 0.286. The van der Waals surface area contributed by atoms with E-state index in [2.05, 4.69) is 19.9 Å². The van der Waals surface area contributed by atoms with Crippen LogP contribution in [0.25, 0.3) is 0 Å². The molecule has 0 unspecified atom stereocenters. The molecule has 1 fully saturated rings. The Kier molecular flexibility index (Phi) is 4.40. The standard InChI is InChI=1S/C14H13Cl2N5O/c15-11-8-10(9-19-12(11)16)13(22)20-4-6-21(7-5-20)14-17-2-1-3-18-14/h1-3,8-9H,4-7H2. The van der Waals surface area contributed by atoms with Crippen molar-refractivity contribution < 1.29 is 4.79 Å². The number of nitrogens with zero attached hydrogens (tertiary/aromatic N) is 5. The number of hydrogen-bond acceptors (Lipinski definition) is 5. The van der Waals surface area contributed by atoms with Crippen molar-refractivity contribution in [2.75, 3.05) is 31.1 Å². The fourth-order valence-corrected chi connectivity index (χ4v) is 2.55. The van der Waals surface area contributed by atoms with Gasteiger partial charge in [0, 0.05) is 44.8 Å². The maximum Gasteiger partial charge on any atom is 0.255 e. The van der Waals surface area contributed by atoms with Gasteiger partial charge in [-0.3, -0.25) is 4.79 Å². The van der Waals surface area contributed by atoms with Crippen LogP contribution in [-0.2, 0) is 0 Å². The molecule has 3 rings (SSSR count). The van der Waals surface area contributed by atoms with Gasteiger partial charge >= 0.3 is 0 Å². The molecule has 8 heteroatoms. The van der Waals surface area contributed by atoms with E-state index in [1.54, 1.807) is 29.4 Å². The van der Waals surface area contributed by atoms with Crippen molar-refractivity contribution in [3.05, 3.63) is 46.5 Å². The highest BCUT2D eigenvalue weighted by Crippen LogP contribution is 2.21. The lowest BCUT2D eigenvalue weighted by Gasteiger charge is -2.34. The lowest BCUT2D eigenvalue weighted by atomic mass is 10.2. The first kappa shape index (κ1) is 15.0. The van der Waals surface area contributed by atoms with Crippen LogP contribution in [0.1, 0.15) is 10.4 Å². The molecule has 0 atom stereocenters. The van der Waals surface area contributed by atoms with Crippen LogP contribution in [0.5, 0.6) is 0 Å². The Hall–Kier alpha value is -1.92. The van der Waals surface area contributed by atoms with Gasteiger partial charge in [0.05, 0.1) is 10.6 Å². The van der Waals surface area contributed by atoms with Crippen LogP contribution in [0.15, 0.2) is 30.7 Å². The number of rotatable bonds is 2. The van der Waals surface area contributed by atoms with Gasteiger partial charge in [0.2, 0.25) is 5.95 Å². The highest BCUT2D eigenvalue weighted by atomic mass is 35.5. The minimum Gasteiger partial charge on any atom is -0.337 e. The number of aromatic nitrogens is 3. The molecule has 0 bridgehead atoms. The number of pyridine rings is 1. The molecule has 0 saturated carbocycles. The van der Waals surface area contributed by atoms with Crippen LogP contribution < -0.4 is 4.90 Å². The van der Waals surface area contributed by atoms with Gasteiger partial charge in [0.1, 0.15) is 5.15 Å². The molecule has 2 aromatic heterocycles. The van der Waals surface area contributed by atoms with E-state index in [0.717, 1.165) is 0 Å². The molecule has 1 aliphatic rings. The zero-order valence-electron chi connectivity index (χ0n) is 11.6. The molecule has 114 valence electrons. The third-order valence-corrected chi connectivity index (χ3v) is 4.13. The lowest BCUT2D eigenvalue weighted by Crippen LogP contribution is -2.49. The predicted molar refractivity (Wildman–Crippen MR) is 84.4 cm³/mol. The van der Waals surface area contributed by atoms with Crippen LogP contribution in [0.3, 0.4) is 0 Å². The van der Waals surface area contributed by atoms with E-state index in [4.69, 9.17) is 23.2 Å². The summed E-state index contributed by atoms with van der Waals surface area (Å²) in [5.41, 5.74) is 0.443. The number of halogens is 2. The molecule has 22 heavy (non-hydrogen) atoms. The van der Waals surface area contributed by atoms with E-state index in [1.807, 2.05) is 0 Å². The molecular weight excluding hydrogens is 325 g/mol. The van der Waals surface area contributed by atoms with Crippen molar-refractivity contribution >= 4 is 35.1 Å². The average molecular weight is 338 g/mol. The second-order valence-corrected chi connectivity index (χ2v) is 5.59. The summed E-state index contributed by atoms with van der Waals surface area (Å²) in [5.74, 6) is 0.588. The molecule has 1 aliphatic heterocycles. The van der Waals surface area contributed by atoms with Crippen LogP contribution in [-0.4, -0.2) is 51.9 Å². The SMILES string of the molecule is O=C(c1cnc(Cl)c(Cl)c1)N1CCN(c2ncccn2)CC1. The van der Waals surface area contributed by atoms with Gasteiger partial charge in [-0.1, -0.05) is 23.2 Å². The Bertz CT molecular complexity index is 674. The minimum absolute atomic E-state index is 0.0975. The van der Waals surface area contributed by atoms with Gasteiger partial charge in [-0.05, 0) is 12.1 Å². The molecular formula is C14H13Cl2N5O. The molecule has 6 nitrogen and oxygen atoms in total. The highest BCUT2D eigenvalue weighted by Gasteiger charge is 2.23. The van der Waals surface area contributed by atoms with Crippen molar-refractivity contribution in [3.8, 4) is 0 Å². The molecule has 0 aliphatic carbocycles. The summed E-state index contributed by atoms with van der Waals surface area (Å²) in [4.78, 5) is 28.6. The van der Waals surface area contributed by atoms with E-state index in [-0.39, 0.29) is 16.1 Å². The smallest absolute Gasteiger partial charge is 0.255 e. The third-order valence-electron chi connectivity index (χ3n) is 3.45. The zero-order chi connectivity index (χ0) is 15.5. The Morgan fingerprint density at radius 2 is 1.73 bits per heavy atom. The van der Waals surface area contributed by atoms with Crippen LogP contribution in [0, 0.1) is 0 Å². The molecule has 3 heterocycles. The number of hydrogen-bond donors (Lipinski definition) is 0.